The third kappa shape index (κ3) is 5.02. The maximum absolute atomic E-state index is 13.4. The normalized spacial score (nSPS) is 18.5. The van der Waals surface area contributed by atoms with Crippen molar-refractivity contribution in [1.82, 2.24) is 29.2 Å². The van der Waals surface area contributed by atoms with Crippen molar-refractivity contribution >= 4 is 37.9 Å². The van der Waals surface area contributed by atoms with Gasteiger partial charge in [0.15, 0.2) is 5.82 Å². The van der Waals surface area contributed by atoms with Crippen LogP contribution in [0.25, 0.3) is 16.2 Å². The van der Waals surface area contributed by atoms with Crippen molar-refractivity contribution in [2.24, 2.45) is 5.92 Å². The highest BCUT2D eigenvalue weighted by molar-refractivity contribution is 7.88. The van der Waals surface area contributed by atoms with Crippen LogP contribution < -0.4 is 10.0 Å². The number of nitrogens with zero attached hydrogens (tertiary/aromatic N) is 5. The Labute approximate surface area is 196 Å². The summed E-state index contributed by atoms with van der Waals surface area (Å²) in [5, 5.41) is 9.77. The molecule has 10 nitrogen and oxygen atoms in total. The molecule has 176 valence electrons. The molecule has 12 heteroatoms. The van der Waals surface area contributed by atoms with Crippen molar-refractivity contribution in [2.75, 3.05) is 24.7 Å². The Bertz CT molecular complexity index is 1270. The Morgan fingerprint density at radius 2 is 1.97 bits per heavy atom. The topological polar surface area (TPSA) is 122 Å². The van der Waals surface area contributed by atoms with E-state index in [1.54, 1.807) is 33.0 Å². The van der Waals surface area contributed by atoms with Crippen LogP contribution in [0.1, 0.15) is 43.1 Å². The van der Waals surface area contributed by atoms with Gasteiger partial charge in [0.1, 0.15) is 16.3 Å². The van der Waals surface area contributed by atoms with Crippen molar-refractivity contribution in [3.05, 3.63) is 29.5 Å². The van der Waals surface area contributed by atoms with Gasteiger partial charge in [0, 0.05) is 42.8 Å². The minimum absolute atomic E-state index is 0.152. The molecule has 0 radical (unpaired) electrons. The second kappa shape index (κ2) is 8.65. The Morgan fingerprint density at radius 1 is 1.21 bits per heavy atom. The average molecular weight is 490 g/mol. The van der Waals surface area contributed by atoms with E-state index in [9.17, 15) is 13.2 Å². The lowest BCUT2D eigenvalue weighted by molar-refractivity contribution is 0.0705. The van der Waals surface area contributed by atoms with Crippen LogP contribution in [0.2, 0.25) is 0 Å². The largest absolute Gasteiger partial charge is 0.367 e. The minimum Gasteiger partial charge on any atom is -0.367 e. The second-order valence-electron chi connectivity index (χ2n) is 8.90. The second-order valence-corrected chi connectivity index (χ2v) is 11.6. The van der Waals surface area contributed by atoms with Gasteiger partial charge in [-0.05, 0) is 38.5 Å². The van der Waals surface area contributed by atoms with E-state index in [1.807, 2.05) is 11.6 Å². The van der Waals surface area contributed by atoms with E-state index in [0.717, 1.165) is 16.6 Å². The van der Waals surface area contributed by atoms with Gasteiger partial charge in [-0.15, -0.1) is 11.3 Å². The number of piperidine rings is 1. The Morgan fingerprint density at radius 3 is 2.67 bits per heavy atom. The zero-order chi connectivity index (χ0) is 23.2. The summed E-state index contributed by atoms with van der Waals surface area (Å²) in [4.78, 5) is 25.4. The molecule has 2 aliphatic rings. The molecule has 2 fully saturated rings. The van der Waals surface area contributed by atoms with E-state index >= 15 is 0 Å². The maximum Gasteiger partial charge on any atom is 0.272 e. The van der Waals surface area contributed by atoms with Crippen molar-refractivity contribution in [3.63, 3.8) is 0 Å². The summed E-state index contributed by atoms with van der Waals surface area (Å²) >= 11 is 1.55. The van der Waals surface area contributed by atoms with Gasteiger partial charge in [-0.25, -0.2) is 27.6 Å². The van der Waals surface area contributed by atoms with E-state index in [-0.39, 0.29) is 18.0 Å². The number of hydrogen-bond donors (Lipinski definition) is 2. The number of anilines is 1. The van der Waals surface area contributed by atoms with Gasteiger partial charge in [0.25, 0.3) is 5.91 Å². The van der Waals surface area contributed by atoms with Crippen LogP contribution in [0.5, 0.6) is 0 Å². The number of fused-ring (bicyclic) bond motifs is 1. The van der Waals surface area contributed by atoms with Gasteiger partial charge in [0.05, 0.1) is 18.0 Å². The van der Waals surface area contributed by atoms with Gasteiger partial charge in [0.2, 0.25) is 10.0 Å². The highest BCUT2D eigenvalue weighted by Crippen LogP contribution is 2.34. The summed E-state index contributed by atoms with van der Waals surface area (Å²) in [7, 11) is -3.27. The molecule has 0 spiro atoms. The van der Waals surface area contributed by atoms with Gasteiger partial charge in [-0.3, -0.25) is 4.79 Å². The van der Waals surface area contributed by atoms with Crippen molar-refractivity contribution in [1.29, 1.82) is 0 Å². The van der Waals surface area contributed by atoms with Crippen molar-refractivity contribution in [3.8, 4) is 11.4 Å². The third-order valence-corrected chi connectivity index (χ3v) is 7.83. The number of carbonyl (C=O) groups excluding carboxylic acids is 1. The van der Waals surface area contributed by atoms with Crippen molar-refractivity contribution < 1.29 is 13.2 Å². The number of rotatable bonds is 7. The standard InChI is InChI=1S/C21H27N7O3S2/c1-13(14-3-4-14)23-18-11-17(20(29)27-7-5-15(6-8-27)26-33(2,30)31)24-19(25-18)16-12-22-28-9-10-32-21(16)28/h9-15,26H,3-8H2,1-2H3,(H,23,24,25)/t13-/m0/s1. The number of aromatic nitrogens is 4. The lowest BCUT2D eigenvalue weighted by Crippen LogP contribution is -2.46. The molecule has 4 heterocycles. The molecule has 3 aromatic heterocycles. The van der Waals surface area contributed by atoms with E-state index < -0.39 is 10.0 Å². The predicted octanol–water partition coefficient (Wildman–Crippen LogP) is 2.22. The van der Waals surface area contributed by atoms with Gasteiger partial charge >= 0.3 is 0 Å². The molecule has 0 aromatic carbocycles. The molecule has 0 bridgehead atoms. The average Bonchev–Trinajstić information content (AvgIpc) is 3.39. The van der Waals surface area contributed by atoms with E-state index in [2.05, 4.69) is 27.0 Å². The van der Waals surface area contributed by atoms with Crippen LogP contribution in [0.3, 0.4) is 0 Å². The quantitative estimate of drug-likeness (QED) is 0.522. The van der Waals surface area contributed by atoms with Gasteiger partial charge < -0.3 is 10.2 Å². The zero-order valence-electron chi connectivity index (χ0n) is 18.6. The maximum atomic E-state index is 13.4. The van der Waals surface area contributed by atoms with Crippen LogP contribution in [-0.2, 0) is 10.0 Å². The lowest BCUT2D eigenvalue weighted by atomic mass is 10.1. The first kappa shape index (κ1) is 22.2. The summed E-state index contributed by atoms with van der Waals surface area (Å²) in [5.74, 6) is 1.56. The van der Waals surface area contributed by atoms with Gasteiger partial charge in [-0.2, -0.15) is 5.10 Å². The SMILES string of the molecule is C[C@H](Nc1cc(C(=O)N2CCC(NS(C)(=O)=O)CC2)nc(-c2cnn3ccsc23)n1)C1CC1. The number of carbonyl (C=O) groups is 1. The number of thiazole rings is 1. The highest BCUT2D eigenvalue weighted by atomic mass is 32.2. The van der Waals surface area contributed by atoms with Crippen molar-refractivity contribution in [2.45, 2.75) is 44.7 Å². The molecule has 1 amide bonds. The first-order valence-corrected chi connectivity index (χ1v) is 13.9. The van der Waals surface area contributed by atoms with Crippen LogP contribution in [0.15, 0.2) is 23.8 Å². The summed E-state index contributed by atoms with van der Waals surface area (Å²) in [5.41, 5.74) is 1.12. The molecular weight excluding hydrogens is 462 g/mol. The predicted molar refractivity (Wildman–Crippen MR) is 127 cm³/mol. The molecule has 5 rings (SSSR count). The summed E-state index contributed by atoms with van der Waals surface area (Å²) in [6, 6.07) is 1.84. The molecular formula is C21H27N7O3S2. The van der Waals surface area contributed by atoms with E-state index in [1.165, 1.54) is 12.8 Å². The zero-order valence-corrected chi connectivity index (χ0v) is 20.2. The van der Waals surface area contributed by atoms with Crippen LogP contribution in [0.4, 0.5) is 5.82 Å². The number of sulfonamides is 1. The molecule has 1 atom stereocenters. The fourth-order valence-electron chi connectivity index (χ4n) is 4.24. The number of hydrogen-bond acceptors (Lipinski definition) is 8. The molecule has 0 unspecified atom stereocenters. The fraction of sp³-hybridized carbons (Fsp3) is 0.524. The fourth-order valence-corrected chi connectivity index (χ4v) is 5.88. The molecule has 1 saturated carbocycles. The van der Waals surface area contributed by atoms with Crippen LogP contribution >= 0.6 is 11.3 Å². The summed E-state index contributed by atoms with van der Waals surface area (Å²) in [6.07, 6.45) is 8.31. The number of amides is 1. The smallest absolute Gasteiger partial charge is 0.272 e. The minimum atomic E-state index is -3.27. The van der Waals surface area contributed by atoms with Gasteiger partial charge in [-0.1, -0.05) is 0 Å². The third-order valence-electron chi connectivity index (χ3n) is 6.19. The number of nitrogens with one attached hydrogen (secondary N) is 2. The van der Waals surface area contributed by atoms with Crippen LogP contribution in [0, 0.1) is 5.92 Å². The Balaban J connectivity index is 1.41. The van der Waals surface area contributed by atoms with Crippen LogP contribution in [-0.4, -0.2) is 70.2 Å². The molecule has 1 aliphatic heterocycles. The number of likely N-dealkylation sites (tertiary alicyclic amines) is 1. The van der Waals surface area contributed by atoms with E-state index in [4.69, 9.17) is 4.98 Å². The lowest BCUT2D eigenvalue weighted by Gasteiger charge is -2.31. The molecule has 1 saturated heterocycles. The molecule has 33 heavy (non-hydrogen) atoms. The molecule has 1 aliphatic carbocycles. The first-order valence-electron chi connectivity index (χ1n) is 11.1. The summed E-state index contributed by atoms with van der Waals surface area (Å²) in [6.45, 7) is 3.07. The molecule has 3 aromatic rings. The molecule has 2 N–H and O–H groups in total. The van der Waals surface area contributed by atoms with E-state index in [0.29, 0.717) is 49.2 Å². The first-order chi connectivity index (χ1) is 15.8. The Hall–Kier alpha value is -2.57. The Kier molecular flexibility index (Phi) is 5.83. The monoisotopic (exact) mass is 489 g/mol. The highest BCUT2D eigenvalue weighted by Gasteiger charge is 2.30. The summed E-state index contributed by atoms with van der Waals surface area (Å²) < 4.78 is 27.4.